The first-order chi connectivity index (χ1) is 7.13. The minimum atomic E-state index is -0.291. The minimum Gasteiger partial charge on any atom is -0.346 e. The summed E-state index contributed by atoms with van der Waals surface area (Å²) < 4.78 is 0. The molecule has 15 heavy (non-hydrogen) atoms. The SMILES string of the molecule is CN(CC1CCC1)C(=O)CNC(=O)CN. The molecule has 86 valence electrons. The van der Waals surface area contributed by atoms with Crippen LogP contribution >= 0.6 is 0 Å². The van der Waals surface area contributed by atoms with E-state index in [1.807, 2.05) is 0 Å². The summed E-state index contributed by atoms with van der Waals surface area (Å²) in [6.45, 7) is 0.788. The Balaban J connectivity index is 2.17. The van der Waals surface area contributed by atoms with Crippen LogP contribution in [0.15, 0.2) is 0 Å². The second kappa shape index (κ2) is 5.70. The van der Waals surface area contributed by atoms with Crippen LogP contribution in [-0.4, -0.2) is 43.4 Å². The Morgan fingerprint density at radius 1 is 1.47 bits per heavy atom. The third-order valence-electron chi connectivity index (χ3n) is 2.80. The Kier molecular flexibility index (Phi) is 4.55. The van der Waals surface area contributed by atoms with Gasteiger partial charge >= 0.3 is 0 Å². The van der Waals surface area contributed by atoms with Crippen LogP contribution in [0, 0.1) is 5.92 Å². The molecule has 1 rings (SSSR count). The van der Waals surface area contributed by atoms with E-state index in [0.717, 1.165) is 6.54 Å². The van der Waals surface area contributed by atoms with E-state index in [1.165, 1.54) is 19.3 Å². The highest BCUT2D eigenvalue weighted by Crippen LogP contribution is 2.26. The number of nitrogens with zero attached hydrogens (tertiary/aromatic N) is 1. The summed E-state index contributed by atoms with van der Waals surface area (Å²) in [6, 6.07) is 0. The molecule has 0 bridgehead atoms. The van der Waals surface area contributed by atoms with Crippen LogP contribution in [0.1, 0.15) is 19.3 Å². The quantitative estimate of drug-likeness (QED) is 0.635. The van der Waals surface area contributed by atoms with Gasteiger partial charge in [0.1, 0.15) is 0 Å². The maximum atomic E-state index is 11.5. The number of nitrogens with one attached hydrogen (secondary N) is 1. The maximum absolute atomic E-state index is 11.5. The van der Waals surface area contributed by atoms with Gasteiger partial charge in [0.05, 0.1) is 13.1 Å². The predicted molar refractivity (Wildman–Crippen MR) is 57.0 cm³/mol. The summed E-state index contributed by atoms with van der Waals surface area (Å²) in [7, 11) is 1.77. The van der Waals surface area contributed by atoms with Gasteiger partial charge in [-0.2, -0.15) is 0 Å². The summed E-state index contributed by atoms with van der Waals surface area (Å²) in [6.07, 6.45) is 3.70. The van der Waals surface area contributed by atoms with Crippen LogP contribution < -0.4 is 11.1 Å². The molecule has 1 fully saturated rings. The summed E-state index contributed by atoms with van der Waals surface area (Å²) in [5.74, 6) is 0.313. The van der Waals surface area contributed by atoms with Crippen LogP contribution in [0.25, 0.3) is 0 Å². The Morgan fingerprint density at radius 2 is 2.13 bits per heavy atom. The molecule has 1 saturated carbocycles. The van der Waals surface area contributed by atoms with Crippen LogP contribution in [0.2, 0.25) is 0 Å². The van der Waals surface area contributed by atoms with Crippen LogP contribution in [0.4, 0.5) is 0 Å². The molecule has 0 aliphatic heterocycles. The first kappa shape index (κ1) is 12.0. The van der Waals surface area contributed by atoms with Crippen molar-refractivity contribution in [3.8, 4) is 0 Å². The van der Waals surface area contributed by atoms with Gasteiger partial charge in [0.2, 0.25) is 11.8 Å². The smallest absolute Gasteiger partial charge is 0.241 e. The molecule has 1 aliphatic rings. The molecule has 0 aromatic carbocycles. The molecule has 0 spiro atoms. The number of carbonyl (C=O) groups excluding carboxylic acids is 2. The minimum absolute atomic E-state index is 0.0521. The standard InChI is InChI=1S/C10H19N3O2/c1-13(7-8-3-2-4-8)10(15)6-12-9(14)5-11/h8H,2-7,11H2,1H3,(H,12,14). The Bertz CT molecular complexity index is 239. The fourth-order valence-corrected chi connectivity index (χ4v) is 1.55. The molecule has 3 N–H and O–H groups in total. The highest BCUT2D eigenvalue weighted by molar-refractivity contribution is 5.85. The van der Waals surface area contributed by atoms with Gasteiger partial charge in [-0.25, -0.2) is 0 Å². The number of hydrogen-bond acceptors (Lipinski definition) is 3. The summed E-state index contributed by atoms with van der Waals surface area (Å²) in [5.41, 5.74) is 5.11. The predicted octanol–water partition coefficient (Wildman–Crippen LogP) is -0.680. The van der Waals surface area contributed by atoms with E-state index in [0.29, 0.717) is 5.92 Å². The fourth-order valence-electron chi connectivity index (χ4n) is 1.55. The molecule has 5 heteroatoms. The number of carbonyl (C=O) groups is 2. The highest BCUT2D eigenvalue weighted by atomic mass is 16.2. The zero-order valence-electron chi connectivity index (χ0n) is 9.16. The molecule has 0 aromatic rings. The zero-order valence-corrected chi connectivity index (χ0v) is 9.16. The van der Waals surface area contributed by atoms with Gasteiger partial charge in [0, 0.05) is 13.6 Å². The van der Waals surface area contributed by atoms with Crippen molar-refractivity contribution in [2.75, 3.05) is 26.7 Å². The monoisotopic (exact) mass is 213 g/mol. The van der Waals surface area contributed by atoms with E-state index in [2.05, 4.69) is 5.32 Å². The molecule has 5 nitrogen and oxygen atoms in total. The first-order valence-electron chi connectivity index (χ1n) is 5.34. The fraction of sp³-hybridized carbons (Fsp3) is 0.800. The van der Waals surface area contributed by atoms with Gasteiger partial charge in [-0.15, -0.1) is 0 Å². The molecule has 2 amide bonds. The number of likely N-dealkylation sites (N-methyl/N-ethyl adjacent to an activating group) is 1. The number of hydrogen-bond donors (Lipinski definition) is 2. The molecule has 0 radical (unpaired) electrons. The Morgan fingerprint density at radius 3 is 2.60 bits per heavy atom. The highest BCUT2D eigenvalue weighted by Gasteiger charge is 2.21. The third kappa shape index (κ3) is 3.87. The van der Waals surface area contributed by atoms with Gasteiger partial charge < -0.3 is 16.0 Å². The van der Waals surface area contributed by atoms with Crippen LogP contribution in [0.3, 0.4) is 0 Å². The van der Waals surface area contributed by atoms with E-state index >= 15 is 0 Å². The van der Waals surface area contributed by atoms with Crippen molar-refractivity contribution in [3.63, 3.8) is 0 Å². The van der Waals surface area contributed by atoms with Crippen molar-refractivity contribution in [1.82, 2.24) is 10.2 Å². The number of amides is 2. The molecular weight excluding hydrogens is 194 g/mol. The zero-order chi connectivity index (χ0) is 11.3. The molecule has 0 saturated heterocycles. The normalized spacial score (nSPS) is 15.6. The van der Waals surface area contributed by atoms with Crippen molar-refractivity contribution < 1.29 is 9.59 Å². The van der Waals surface area contributed by atoms with Crippen molar-refractivity contribution in [1.29, 1.82) is 0 Å². The molecule has 0 aromatic heterocycles. The van der Waals surface area contributed by atoms with E-state index in [9.17, 15) is 9.59 Å². The van der Waals surface area contributed by atoms with E-state index in [-0.39, 0.29) is 24.9 Å². The van der Waals surface area contributed by atoms with Crippen LogP contribution in [-0.2, 0) is 9.59 Å². The summed E-state index contributed by atoms with van der Waals surface area (Å²) >= 11 is 0. The number of rotatable bonds is 5. The lowest BCUT2D eigenvalue weighted by molar-refractivity contribution is -0.132. The van der Waals surface area contributed by atoms with Gasteiger partial charge in [-0.3, -0.25) is 9.59 Å². The first-order valence-corrected chi connectivity index (χ1v) is 5.34. The van der Waals surface area contributed by atoms with Crippen molar-refractivity contribution in [3.05, 3.63) is 0 Å². The molecule has 0 heterocycles. The van der Waals surface area contributed by atoms with Crippen molar-refractivity contribution in [2.45, 2.75) is 19.3 Å². The van der Waals surface area contributed by atoms with E-state index < -0.39 is 0 Å². The van der Waals surface area contributed by atoms with E-state index in [1.54, 1.807) is 11.9 Å². The van der Waals surface area contributed by atoms with Crippen molar-refractivity contribution in [2.24, 2.45) is 11.7 Å². The largest absolute Gasteiger partial charge is 0.346 e. The molecule has 1 aliphatic carbocycles. The van der Waals surface area contributed by atoms with Gasteiger partial charge in [0.15, 0.2) is 0 Å². The number of nitrogens with two attached hydrogens (primary N) is 1. The lowest BCUT2D eigenvalue weighted by Gasteiger charge is -2.30. The molecular formula is C10H19N3O2. The Hall–Kier alpha value is -1.10. The average molecular weight is 213 g/mol. The van der Waals surface area contributed by atoms with Gasteiger partial charge in [-0.1, -0.05) is 6.42 Å². The van der Waals surface area contributed by atoms with Crippen molar-refractivity contribution >= 4 is 11.8 Å². The van der Waals surface area contributed by atoms with E-state index in [4.69, 9.17) is 5.73 Å². The second-order valence-electron chi connectivity index (χ2n) is 4.05. The van der Waals surface area contributed by atoms with Gasteiger partial charge in [0.25, 0.3) is 0 Å². The second-order valence-corrected chi connectivity index (χ2v) is 4.05. The van der Waals surface area contributed by atoms with Crippen LogP contribution in [0.5, 0.6) is 0 Å². The Labute approximate surface area is 90.0 Å². The average Bonchev–Trinajstić information content (AvgIpc) is 2.18. The lowest BCUT2D eigenvalue weighted by atomic mass is 9.85. The summed E-state index contributed by atoms with van der Waals surface area (Å²) in [4.78, 5) is 24.0. The topological polar surface area (TPSA) is 75.4 Å². The lowest BCUT2D eigenvalue weighted by Crippen LogP contribution is -2.42. The third-order valence-corrected chi connectivity index (χ3v) is 2.80. The maximum Gasteiger partial charge on any atom is 0.241 e. The molecule has 0 unspecified atom stereocenters. The van der Waals surface area contributed by atoms with Gasteiger partial charge in [-0.05, 0) is 18.8 Å². The summed E-state index contributed by atoms with van der Waals surface area (Å²) in [5, 5.41) is 2.47. The molecule has 0 atom stereocenters.